The van der Waals surface area contributed by atoms with E-state index in [9.17, 15) is 9.18 Å². The van der Waals surface area contributed by atoms with Gasteiger partial charge in [-0.25, -0.2) is 9.07 Å². The molecule has 0 unspecified atom stereocenters. The second-order valence-electron chi connectivity index (χ2n) is 4.74. The highest BCUT2D eigenvalue weighted by Gasteiger charge is 2.15. The lowest BCUT2D eigenvalue weighted by molar-refractivity contribution is 0.111. The van der Waals surface area contributed by atoms with Crippen LogP contribution in [0.15, 0.2) is 48.5 Å². The van der Waals surface area contributed by atoms with E-state index >= 15 is 0 Å². The molecule has 0 radical (unpaired) electrons. The molecule has 110 valence electrons. The summed E-state index contributed by atoms with van der Waals surface area (Å²) in [6.07, 6.45) is 0.657. The molecule has 1 aromatic heterocycles. The molecule has 0 spiro atoms. The van der Waals surface area contributed by atoms with Crippen molar-refractivity contribution in [2.45, 2.75) is 6.54 Å². The largest absolute Gasteiger partial charge is 0.296 e. The number of carbonyl (C=O) groups is 1. The fourth-order valence-corrected chi connectivity index (χ4v) is 2.40. The van der Waals surface area contributed by atoms with Crippen molar-refractivity contribution in [3.05, 3.63) is 70.6 Å². The van der Waals surface area contributed by atoms with Crippen LogP contribution in [0.25, 0.3) is 11.3 Å². The van der Waals surface area contributed by atoms with E-state index in [1.54, 1.807) is 35.0 Å². The van der Waals surface area contributed by atoms with E-state index in [2.05, 4.69) is 10.3 Å². The van der Waals surface area contributed by atoms with Gasteiger partial charge in [0.2, 0.25) is 0 Å². The first-order valence-electron chi connectivity index (χ1n) is 6.56. The Morgan fingerprint density at radius 2 is 1.95 bits per heavy atom. The molecule has 3 aromatic rings. The quantitative estimate of drug-likeness (QED) is 0.691. The molecule has 3 rings (SSSR count). The van der Waals surface area contributed by atoms with Crippen molar-refractivity contribution >= 4 is 17.9 Å². The number of rotatable bonds is 4. The fraction of sp³-hybridized carbons (Fsp3) is 0.0625. The summed E-state index contributed by atoms with van der Waals surface area (Å²) in [4.78, 5) is 11.2. The van der Waals surface area contributed by atoms with Gasteiger partial charge in [0.1, 0.15) is 5.82 Å². The highest BCUT2D eigenvalue weighted by Crippen LogP contribution is 2.25. The second kappa shape index (κ2) is 6.07. The van der Waals surface area contributed by atoms with Gasteiger partial charge in [-0.1, -0.05) is 41.1 Å². The Labute approximate surface area is 131 Å². The first-order valence-corrected chi connectivity index (χ1v) is 6.94. The van der Waals surface area contributed by atoms with Gasteiger partial charge in [0, 0.05) is 10.6 Å². The molecule has 0 aliphatic rings. The van der Waals surface area contributed by atoms with Crippen LogP contribution in [0.2, 0.25) is 5.02 Å². The Hall–Kier alpha value is -2.53. The van der Waals surface area contributed by atoms with Gasteiger partial charge in [0.15, 0.2) is 12.0 Å². The monoisotopic (exact) mass is 315 g/mol. The molecule has 0 saturated carbocycles. The first kappa shape index (κ1) is 14.4. The Morgan fingerprint density at radius 1 is 1.18 bits per heavy atom. The molecule has 1 heterocycles. The molecule has 0 saturated heterocycles. The van der Waals surface area contributed by atoms with Crippen LogP contribution in [0, 0.1) is 5.82 Å². The number of benzene rings is 2. The van der Waals surface area contributed by atoms with Crippen LogP contribution in [0.3, 0.4) is 0 Å². The highest BCUT2D eigenvalue weighted by atomic mass is 35.5. The summed E-state index contributed by atoms with van der Waals surface area (Å²) in [5.74, 6) is -0.300. The molecular formula is C16H11ClFN3O. The third-order valence-corrected chi connectivity index (χ3v) is 3.45. The molecule has 0 aliphatic heterocycles. The lowest BCUT2D eigenvalue weighted by Gasteiger charge is -2.07. The average molecular weight is 316 g/mol. The zero-order chi connectivity index (χ0) is 15.5. The average Bonchev–Trinajstić information content (AvgIpc) is 2.92. The standard InChI is InChI=1S/C16H11ClFN3O/c17-13-3-1-2-12(8-13)16-15(10-22)19-20-21(16)9-11-4-6-14(18)7-5-11/h1-8,10H,9H2. The topological polar surface area (TPSA) is 47.8 Å². The Balaban J connectivity index is 2.03. The van der Waals surface area contributed by atoms with Crippen molar-refractivity contribution in [1.29, 1.82) is 0 Å². The summed E-state index contributed by atoms with van der Waals surface area (Å²) in [6, 6.07) is 13.2. The van der Waals surface area contributed by atoms with E-state index in [1.165, 1.54) is 12.1 Å². The summed E-state index contributed by atoms with van der Waals surface area (Å²) in [5, 5.41) is 8.45. The van der Waals surface area contributed by atoms with E-state index < -0.39 is 0 Å². The fourth-order valence-electron chi connectivity index (χ4n) is 2.21. The summed E-state index contributed by atoms with van der Waals surface area (Å²) in [7, 11) is 0. The number of halogens is 2. The summed E-state index contributed by atoms with van der Waals surface area (Å²) in [6.45, 7) is 0.378. The maximum Gasteiger partial charge on any atom is 0.172 e. The molecule has 22 heavy (non-hydrogen) atoms. The van der Waals surface area contributed by atoms with Crippen LogP contribution >= 0.6 is 11.6 Å². The number of carbonyl (C=O) groups excluding carboxylic acids is 1. The van der Waals surface area contributed by atoms with Gasteiger partial charge < -0.3 is 0 Å². The predicted molar refractivity (Wildman–Crippen MR) is 81.4 cm³/mol. The smallest absolute Gasteiger partial charge is 0.172 e. The molecular weight excluding hydrogens is 305 g/mol. The van der Waals surface area contributed by atoms with Gasteiger partial charge in [0.25, 0.3) is 0 Å². The van der Waals surface area contributed by atoms with E-state index in [4.69, 9.17) is 11.6 Å². The summed E-state index contributed by atoms with van der Waals surface area (Å²) < 4.78 is 14.6. The SMILES string of the molecule is O=Cc1nnn(Cc2ccc(F)cc2)c1-c1cccc(Cl)c1. The Morgan fingerprint density at radius 3 is 2.64 bits per heavy atom. The minimum atomic E-state index is -0.300. The third-order valence-electron chi connectivity index (χ3n) is 3.22. The molecule has 6 heteroatoms. The second-order valence-corrected chi connectivity index (χ2v) is 5.17. The maximum absolute atomic E-state index is 13.0. The maximum atomic E-state index is 13.0. The number of hydrogen-bond donors (Lipinski definition) is 0. The van der Waals surface area contributed by atoms with Crippen molar-refractivity contribution in [3.63, 3.8) is 0 Å². The summed E-state index contributed by atoms with van der Waals surface area (Å²) in [5.41, 5.74) is 2.43. The van der Waals surface area contributed by atoms with Crippen molar-refractivity contribution in [2.75, 3.05) is 0 Å². The van der Waals surface area contributed by atoms with Crippen LogP contribution in [0.5, 0.6) is 0 Å². The van der Waals surface area contributed by atoms with Crippen LogP contribution in [0.4, 0.5) is 4.39 Å². The van der Waals surface area contributed by atoms with Gasteiger partial charge >= 0.3 is 0 Å². The van der Waals surface area contributed by atoms with Gasteiger partial charge in [-0.15, -0.1) is 5.10 Å². The van der Waals surface area contributed by atoms with Crippen LogP contribution in [0.1, 0.15) is 16.1 Å². The molecule has 0 aliphatic carbocycles. The molecule has 0 atom stereocenters. The van der Waals surface area contributed by atoms with E-state index in [-0.39, 0.29) is 11.5 Å². The zero-order valence-electron chi connectivity index (χ0n) is 11.4. The molecule has 0 bridgehead atoms. The number of nitrogens with zero attached hydrogens (tertiary/aromatic N) is 3. The molecule has 0 N–H and O–H groups in total. The van der Waals surface area contributed by atoms with Crippen molar-refractivity contribution in [3.8, 4) is 11.3 Å². The number of hydrogen-bond acceptors (Lipinski definition) is 3. The lowest BCUT2D eigenvalue weighted by Crippen LogP contribution is -2.04. The molecule has 2 aromatic carbocycles. The minimum absolute atomic E-state index is 0.240. The molecule has 0 fully saturated rings. The normalized spacial score (nSPS) is 10.6. The van der Waals surface area contributed by atoms with Crippen LogP contribution in [-0.4, -0.2) is 21.3 Å². The Kier molecular flexibility index (Phi) is 3.98. The van der Waals surface area contributed by atoms with Crippen LogP contribution < -0.4 is 0 Å². The van der Waals surface area contributed by atoms with Gasteiger partial charge in [-0.2, -0.15) is 0 Å². The number of aromatic nitrogens is 3. The molecule has 4 nitrogen and oxygen atoms in total. The van der Waals surface area contributed by atoms with Gasteiger partial charge in [-0.05, 0) is 29.8 Å². The van der Waals surface area contributed by atoms with E-state index in [0.29, 0.717) is 23.5 Å². The van der Waals surface area contributed by atoms with Crippen molar-refractivity contribution in [2.24, 2.45) is 0 Å². The number of aldehydes is 1. The van der Waals surface area contributed by atoms with Crippen LogP contribution in [-0.2, 0) is 6.54 Å². The van der Waals surface area contributed by atoms with E-state index in [0.717, 1.165) is 11.1 Å². The summed E-state index contributed by atoms with van der Waals surface area (Å²) >= 11 is 6.01. The van der Waals surface area contributed by atoms with Crippen molar-refractivity contribution in [1.82, 2.24) is 15.0 Å². The van der Waals surface area contributed by atoms with Gasteiger partial charge in [-0.3, -0.25) is 4.79 Å². The first-order chi connectivity index (χ1) is 10.7. The zero-order valence-corrected chi connectivity index (χ0v) is 12.2. The lowest BCUT2D eigenvalue weighted by atomic mass is 10.1. The highest BCUT2D eigenvalue weighted by molar-refractivity contribution is 6.30. The predicted octanol–water partition coefficient (Wildman–Crippen LogP) is 3.60. The van der Waals surface area contributed by atoms with E-state index in [1.807, 2.05) is 6.07 Å². The van der Waals surface area contributed by atoms with Gasteiger partial charge in [0.05, 0.1) is 12.2 Å². The third kappa shape index (κ3) is 2.89. The Bertz CT molecular complexity index is 815. The molecule has 0 amide bonds. The minimum Gasteiger partial charge on any atom is -0.296 e. The van der Waals surface area contributed by atoms with Crippen molar-refractivity contribution < 1.29 is 9.18 Å².